The molecule has 2 amide bonds. The monoisotopic (exact) mass is 396 g/mol. The number of anilines is 2. The van der Waals surface area contributed by atoms with Gasteiger partial charge in [0.25, 0.3) is 0 Å². The molecule has 2 aromatic rings. The summed E-state index contributed by atoms with van der Waals surface area (Å²) in [5.41, 5.74) is 0.926. The van der Waals surface area contributed by atoms with Crippen LogP contribution < -0.4 is 10.2 Å². The van der Waals surface area contributed by atoms with Crippen LogP contribution >= 0.6 is 23.2 Å². The Morgan fingerprint density at radius 2 is 1.80 bits per heavy atom. The van der Waals surface area contributed by atoms with E-state index >= 15 is 0 Å². The van der Waals surface area contributed by atoms with E-state index in [0.29, 0.717) is 11.4 Å². The minimum absolute atomic E-state index is 0.185. The van der Waals surface area contributed by atoms with Crippen LogP contribution in [0.3, 0.4) is 0 Å². The van der Waals surface area contributed by atoms with E-state index in [2.05, 4.69) is 5.32 Å². The minimum atomic E-state index is -3.36. The van der Waals surface area contributed by atoms with Crippen molar-refractivity contribution in [1.29, 1.82) is 0 Å². The highest BCUT2D eigenvalue weighted by Crippen LogP contribution is 2.35. The molecule has 0 radical (unpaired) electrons. The first-order valence-electron chi connectivity index (χ1n) is 7.37. The molecule has 0 aromatic heterocycles. The summed E-state index contributed by atoms with van der Waals surface area (Å²) in [6, 6.07) is 12.6. The molecule has 0 bridgehead atoms. The van der Waals surface area contributed by atoms with Gasteiger partial charge in [0, 0.05) is 11.1 Å². The van der Waals surface area contributed by atoms with Gasteiger partial charge in [-0.2, -0.15) is 0 Å². The molecule has 1 aliphatic heterocycles. The van der Waals surface area contributed by atoms with Gasteiger partial charge in [-0.25, -0.2) is 13.2 Å². The predicted molar refractivity (Wildman–Crippen MR) is 101 cm³/mol. The molecular weight excluding hydrogens is 383 g/mol. The molecule has 1 unspecified atom stereocenters. The number of urea groups is 1. The summed E-state index contributed by atoms with van der Waals surface area (Å²) in [6.45, 7) is 0. The third-order valence-electron chi connectivity index (χ3n) is 3.68. The van der Waals surface area contributed by atoms with Gasteiger partial charge in [0.05, 0.1) is 27.5 Å². The Balaban J connectivity index is 1.99. The first kappa shape index (κ1) is 17.8. The van der Waals surface area contributed by atoms with Crippen LogP contribution in [0.25, 0.3) is 0 Å². The van der Waals surface area contributed by atoms with E-state index in [1.54, 1.807) is 42.5 Å². The number of carbonyl (C=O) groups is 1. The van der Waals surface area contributed by atoms with E-state index in [1.165, 1.54) is 11.0 Å². The zero-order valence-electron chi connectivity index (χ0n) is 12.9. The summed E-state index contributed by atoms with van der Waals surface area (Å²) >= 11 is 12.3. The lowest BCUT2D eigenvalue weighted by Gasteiger charge is -2.28. The van der Waals surface area contributed by atoms with Crippen LogP contribution in [0, 0.1) is 0 Å². The lowest BCUT2D eigenvalue weighted by molar-refractivity contribution is 0.256. The van der Waals surface area contributed by atoms with Crippen molar-refractivity contribution in [1.82, 2.24) is 0 Å². The number of halogens is 2. The smallest absolute Gasteiger partial charge is 0.308 e. The lowest BCUT2D eigenvalue weighted by Crippen LogP contribution is -2.44. The SMILES string of the molecule is O=C(Nc1ccccc1)N(c1cccc(Cl)c1Cl)C1C=CS(=O)(=O)C1. The third kappa shape index (κ3) is 3.98. The zero-order chi connectivity index (χ0) is 18.0. The van der Waals surface area contributed by atoms with Crippen molar-refractivity contribution >= 4 is 50.4 Å². The molecule has 8 heteroatoms. The van der Waals surface area contributed by atoms with E-state index in [1.807, 2.05) is 6.07 Å². The molecule has 25 heavy (non-hydrogen) atoms. The number of benzene rings is 2. The van der Waals surface area contributed by atoms with Crippen molar-refractivity contribution in [3.63, 3.8) is 0 Å². The van der Waals surface area contributed by atoms with Gasteiger partial charge in [0.15, 0.2) is 9.84 Å². The number of sulfone groups is 1. The largest absolute Gasteiger partial charge is 0.326 e. The number of hydrogen-bond acceptors (Lipinski definition) is 3. The number of carbonyl (C=O) groups excluding carboxylic acids is 1. The number of nitrogens with zero attached hydrogens (tertiary/aromatic N) is 1. The molecule has 0 fully saturated rings. The Bertz CT molecular complexity index is 930. The molecule has 1 N–H and O–H groups in total. The van der Waals surface area contributed by atoms with Crippen molar-refractivity contribution in [2.45, 2.75) is 6.04 Å². The minimum Gasteiger partial charge on any atom is -0.308 e. The zero-order valence-corrected chi connectivity index (χ0v) is 15.2. The Morgan fingerprint density at radius 1 is 1.08 bits per heavy atom. The van der Waals surface area contributed by atoms with E-state index in [0.717, 1.165) is 5.41 Å². The Kier molecular flexibility index (Phi) is 5.03. The molecule has 0 saturated heterocycles. The number of nitrogens with one attached hydrogen (secondary N) is 1. The average Bonchev–Trinajstić information content (AvgIpc) is 2.92. The Hall–Kier alpha value is -2.02. The van der Waals surface area contributed by atoms with E-state index in [9.17, 15) is 13.2 Å². The van der Waals surface area contributed by atoms with Gasteiger partial charge < -0.3 is 5.32 Å². The van der Waals surface area contributed by atoms with Crippen LogP contribution in [-0.4, -0.2) is 26.2 Å². The van der Waals surface area contributed by atoms with Gasteiger partial charge in [0.1, 0.15) is 0 Å². The fraction of sp³-hybridized carbons (Fsp3) is 0.118. The quantitative estimate of drug-likeness (QED) is 0.838. The number of amides is 2. The van der Waals surface area contributed by atoms with Gasteiger partial charge in [-0.1, -0.05) is 47.5 Å². The summed E-state index contributed by atoms with van der Waals surface area (Å²) in [5, 5.41) is 4.32. The standard InChI is InChI=1S/C17H14Cl2N2O3S/c18-14-7-4-8-15(16(14)19)21(13-9-10-25(23,24)11-13)17(22)20-12-5-2-1-3-6-12/h1-10,13H,11H2,(H,20,22). The van der Waals surface area contributed by atoms with Crippen molar-refractivity contribution in [3.8, 4) is 0 Å². The molecule has 1 heterocycles. The van der Waals surface area contributed by atoms with Crippen molar-refractivity contribution < 1.29 is 13.2 Å². The van der Waals surface area contributed by atoms with Crippen molar-refractivity contribution in [2.75, 3.05) is 16.0 Å². The molecule has 3 rings (SSSR count). The van der Waals surface area contributed by atoms with Crippen LogP contribution in [-0.2, 0) is 9.84 Å². The second-order valence-corrected chi connectivity index (χ2v) is 8.18. The predicted octanol–water partition coefficient (Wildman–Crippen LogP) is 4.34. The number of rotatable bonds is 3. The van der Waals surface area contributed by atoms with Gasteiger partial charge in [-0.05, 0) is 30.3 Å². The first-order chi connectivity index (χ1) is 11.9. The normalized spacial score (nSPS) is 18.1. The molecule has 5 nitrogen and oxygen atoms in total. The molecular formula is C17H14Cl2N2O3S. The fourth-order valence-corrected chi connectivity index (χ4v) is 4.20. The lowest BCUT2D eigenvalue weighted by atomic mass is 10.2. The highest BCUT2D eigenvalue weighted by Gasteiger charge is 2.33. The molecule has 0 spiro atoms. The summed E-state index contributed by atoms with van der Waals surface area (Å²) in [6.07, 6.45) is 1.47. The summed E-state index contributed by atoms with van der Waals surface area (Å²) < 4.78 is 23.6. The summed E-state index contributed by atoms with van der Waals surface area (Å²) in [5.74, 6) is -0.210. The molecule has 130 valence electrons. The highest BCUT2D eigenvalue weighted by atomic mass is 35.5. The van der Waals surface area contributed by atoms with Crippen LogP contribution in [0.15, 0.2) is 60.0 Å². The molecule has 2 aromatic carbocycles. The van der Waals surface area contributed by atoms with Gasteiger partial charge in [-0.3, -0.25) is 4.90 Å². The maximum atomic E-state index is 12.9. The number of hydrogen-bond donors (Lipinski definition) is 1. The highest BCUT2D eigenvalue weighted by molar-refractivity contribution is 7.94. The molecule has 0 aliphatic carbocycles. The molecule has 1 aliphatic rings. The maximum Gasteiger partial charge on any atom is 0.326 e. The second-order valence-electron chi connectivity index (χ2n) is 5.46. The third-order valence-corrected chi connectivity index (χ3v) is 5.86. The van der Waals surface area contributed by atoms with Gasteiger partial charge >= 0.3 is 6.03 Å². The Labute approximate surface area is 155 Å². The van der Waals surface area contributed by atoms with E-state index < -0.39 is 21.9 Å². The summed E-state index contributed by atoms with van der Waals surface area (Å²) in [4.78, 5) is 14.2. The van der Waals surface area contributed by atoms with E-state index in [4.69, 9.17) is 23.2 Å². The van der Waals surface area contributed by atoms with Crippen LogP contribution in [0.5, 0.6) is 0 Å². The average molecular weight is 397 g/mol. The molecule has 0 saturated carbocycles. The molecule has 1 atom stereocenters. The topological polar surface area (TPSA) is 66.5 Å². The summed E-state index contributed by atoms with van der Waals surface area (Å²) in [7, 11) is -3.36. The fourth-order valence-electron chi connectivity index (χ4n) is 2.54. The van der Waals surface area contributed by atoms with Crippen molar-refractivity contribution in [2.24, 2.45) is 0 Å². The van der Waals surface area contributed by atoms with Crippen LogP contribution in [0.1, 0.15) is 0 Å². The second kappa shape index (κ2) is 7.07. The number of para-hydroxylation sites is 1. The van der Waals surface area contributed by atoms with Crippen LogP contribution in [0.4, 0.5) is 16.2 Å². The first-order valence-corrected chi connectivity index (χ1v) is 9.85. The Morgan fingerprint density at radius 3 is 2.44 bits per heavy atom. The van der Waals surface area contributed by atoms with Crippen molar-refractivity contribution in [3.05, 3.63) is 70.1 Å². The maximum absolute atomic E-state index is 12.9. The van der Waals surface area contributed by atoms with Gasteiger partial charge in [0.2, 0.25) is 0 Å². The van der Waals surface area contributed by atoms with Crippen LogP contribution in [0.2, 0.25) is 10.0 Å². The van der Waals surface area contributed by atoms with Gasteiger partial charge in [-0.15, -0.1) is 0 Å². The van der Waals surface area contributed by atoms with E-state index in [-0.39, 0.29) is 15.8 Å².